The van der Waals surface area contributed by atoms with Gasteiger partial charge in [0.25, 0.3) is 5.56 Å². The van der Waals surface area contributed by atoms with Gasteiger partial charge in [-0.15, -0.1) is 0 Å². The molecule has 4 nitrogen and oxygen atoms in total. The zero-order valence-electron chi connectivity index (χ0n) is 20.8. The third-order valence-corrected chi connectivity index (χ3v) is 7.19. The predicted octanol–water partition coefficient (Wildman–Crippen LogP) is 6.23. The minimum Gasteiger partial charge on any atom is -0.301 e. The Balaban J connectivity index is 1.78. The molecule has 1 fully saturated rings. The molecule has 0 saturated carbocycles. The van der Waals surface area contributed by atoms with Crippen LogP contribution in [0.25, 0.3) is 22.3 Å². The second-order valence-electron chi connectivity index (χ2n) is 10.1. The van der Waals surface area contributed by atoms with Gasteiger partial charge in [-0.25, -0.2) is 4.98 Å². The first kappa shape index (κ1) is 23.7. The molecular formula is C29H39N3O. The van der Waals surface area contributed by atoms with Gasteiger partial charge >= 0.3 is 0 Å². The van der Waals surface area contributed by atoms with E-state index in [1.54, 1.807) is 0 Å². The summed E-state index contributed by atoms with van der Waals surface area (Å²) >= 11 is 0. The van der Waals surface area contributed by atoms with E-state index in [4.69, 9.17) is 4.98 Å². The molecule has 4 rings (SSSR count). The monoisotopic (exact) mass is 445 g/mol. The quantitative estimate of drug-likeness (QED) is 0.386. The number of benzene rings is 2. The highest BCUT2D eigenvalue weighted by molar-refractivity contribution is 5.81. The van der Waals surface area contributed by atoms with E-state index in [9.17, 15) is 4.79 Å². The Bertz CT molecular complexity index is 1150. The molecule has 4 heteroatoms. The summed E-state index contributed by atoms with van der Waals surface area (Å²) in [6.07, 6.45) is 6.97. The number of fused-ring (bicyclic) bond motifs is 1. The number of rotatable bonds is 8. The third kappa shape index (κ3) is 5.38. The minimum atomic E-state index is 0.109. The van der Waals surface area contributed by atoms with Crippen molar-refractivity contribution >= 4 is 10.9 Å². The van der Waals surface area contributed by atoms with E-state index >= 15 is 0 Å². The van der Waals surface area contributed by atoms with Crippen LogP contribution in [0.15, 0.2) is 47.3 Å². The van der Waals surface area contributed by atoms with Crippen molar-refractivity contribution in [3.8, 4) is 11.4 Å². The van der Waals surface area contributed by atoms with E-state index in [0.717, 1.165) is 66.8 Å². The van der Waals surface area contributed by atoms with Crippen LogP contribution in [-0.2, 0) is 13.0 Å². The smallest absolute Gasteiger partial charge is 0.261 e. The molecule has 1 atom stereocenters. The minimum absolute atomic E-state index is 0.109. The topological polar surface area (TPSA) is 38.1 Å². The van der Waals surface area contributed by atoms with Crippen molar-refractivity contribution in [3.05, 3.63) is 63.9 Å². The van der Waals surface area contributed by atoms with E-state index in [-0.39, 0.29) is 5.56 Å². The van der Waals surface area contributed by atoms with Gasteiger partial charge in [0.1, 0.15) is 5.82 Å². The van der Waals surface area contributed by atoms with Gasteiger partial charge in [0.05, 0.1) is 10.9 Å². The number of piperidine rings is 1. The Morgan fingerprint density at radius 1 is 1.12 bits per heavy atom. The molecule has 1 unspecified atom stereocenters. The van der Waals surface area contributed by atoms with Gasteiger partial charge in [-0.3, -0.25) is 9.36 Å². The molecule has 0 N–H and O–H groups in total. The number of aromatic nitrogens is 2. The molecule has 3 aromatic rings. The number of aryl methyl sites for hydroxylation is 2. The normalized spacial score (nSPS) is 17.2. The second kappa shape index (κ2) is 10.6. The van der Waals surface area contributed by atoms with Gasteiger partial charge in [0, 0.05) is 24.7 Å². The van der Waals surface area contributed by atoms with Crippen LogP contribution in [0, 0.1) is 12.8 Å². The van der Waals surface area contributed by atoms with E-state index in [0.29, 0.717) is 12.0 Å². The van der Waals surface area contributed by atoms with Gasteiger partial charge in [-0.05, 0) is 82.2 Å². The first-order valence-electron chi connectivity index (χ1n) is 12.8. The Hall–Kier alpha value is -2.46. The molecule has 1 saturated heterocycles. The number of likely N-dealkylation sites (tertiary alicyclic amines) is 1. The number of unbranched alkanes of at least 4 members (excludes halogenated alkanes) is 2. The van der Waals surface area contributed by atoms with Crippen molar-refractivity contribution in [1.29, 1.82) is 0 Å². The first-order valence-corrected chi connectivity index (χ1v) is 12.8. The maximum atomic E-state index is 13.9. The van der Waals surface area contributed by atoms with Crippen LogP contribution >= 0.6 is 0 Å². The highest BCUT2D eigenvalue weighted by atomic mass is 16.1. The SMILES string of the molecule is CCCCCc1ccc2nc(-c3ccccc3C)n(CC3CCCN(C(C)C)C3)c(=O)c2c1. The molecular weight excluding hydrogens is 406 g/mol. The molecule has 0 aliphatic carbocycles. The highest BCUT2D eigenvalue weighted by Gasteiger charge is 2.24. The Morgan fingerprint density at radius 2 is 1.94 bits per heavy atom. The van der Waals surface area contributed by atoms with E-state index in [1.165, 1.54) is 24.8 Å². The number of hydrogen-bond acceptors (Lipinski definition) is 3. The number of nitrogens with zero attached hydrogens (tertiary/aromatic N) is 3. The average molecular weight is 446 g/mol. The zero-order valence-corrected chi connectivity index (χ0v) is 20.8. The fourth-order valence-corrected chi connectivity index (χ4v) is 5.17. The van der Waals surface area contributed by atoms with Crippen molar-refractivity contribution in [1.82, 2.24) is 14.5 Å². The molecule has 0 spiro atoms. The molecule has 0 radical (unpaired) electrons. The summed E-state index contributed by atoms with van der Waals surface area (Å²) < 4.78 is 1.98. The van der Waals surface area contributed by atoms with Crippen LogP contribution in [0.3, 0.4) is 0 Å². The van der Waals surface area contributed by atoms with E-state index < -0.39 is 0 Å². The fourth-order valence-electron chi connectivity index (χ4n) is 5.17. The van der Waals surface area contributed by atoms with E-state index in [1.807, 2.05) is 22.8 Å². The Morgan fingerprint density at radius 3 is 2.70 bits per heavy atom. The third-order valence-electron chi connectivity index (χ3n) is 7.19. The van der Waals surface area contributed by atoms with Crippen LogP contribution in [0.2, 0.25) is 0 Å². The van der Waals surface area contributed by atoms with Crippen LogP contribution in [0.5, 0.6) is 0 Å². The molecule has 0 amide bonds. The summed E-state index contributed by atoms with van der Waals surface area (Å²) in [4.78, 5) is 21.5. The lowest BCUT2D eigenvalue weighted by atomic mass is 9.96. The zero-order chi connectivity index (χ0) is 23.4. The van der Waals surface area contributed by atoms with Gasteiger partial charge in [0.2, 0.25) is 0 Å². The summed E-state index contributed by atoms with van der Waals surface area (Å²) in [5.74, 6) is 1.28. The largest absolute Gasteiger partial charge is 0.301 e. The second-order valence-corrected chi connectivity index (χ2v) is 10.1. The average Bonchev–Trinajstić information content (AvgIpc) is 2.82. The molecule has 1 aromatic heterocycles. The molecule has 176 valence electrons. The lowest BCUT2D eigenvalue weighted by molar-refractivity contribution is 0.130. The van der Waals surface area contributed by atoms with Gasteiger partial charge in [-0.1, -0.05) is 50.1 Å². The maximum absolute atomic E-state index is 13.9. The summed E-state index contributed by atoms with van der Waals surface area (Å²) in [5.41, 5.74) is 4.37. The molecule has 2 heterocycles. The fraction of sp³-hybridized carbons (Fsp3) is 0.517. The van der Waals surface area contributed by atoms with Crippen LogP contribution < -0.4 is 5.56 Å². The maximum Gasteiger partial charge on any atom is 0.261 e. The summed E-state index contributed by atoms with van der Waals surface area (Å²) in [5, 5.41) is 0.762. The predicted molar refractivity (Wildman–Crippen MR) is 139 cm³/mol. The van der Waals surface area contributed by atoms with Crippen molar-refractivity contribution in [2.24, 2.45) is 5.92 Å². The van der Waals surface area contributed by atoms with Gasteiger partial charge in [0.15, 0.2) is 0 Å². The standard InChI is InChI=1S/C29H39N3O/c1-5-6-7-12-23-15-16-27-26(18-23)29(33)32(20-24-13-10-17-31(19-24)21(2)3)28(30-27)25-14-9-8-11-22(25)4/h8-9,11,14-16,18,21,24H,5-7,10,12-13,17,19-20H2,1-4H3. The molecule has 0 bridgehead atoms. The van der Waals surface area contributed by atoms with Crippen molar-refractivity contribution in [3.63, 3.8) is 0 Å². The van der Waals surface area contributed by atoms with Gasteiger partial charge in [-0.2, -0.15) is 0 Å². The van der Waals surface area contributed by atoms with Crippen LogP contribution in [0.1, 0.15) is 64.0 Å². The number of hydrogen-bond donors (Lipinski definition) is 0. The van der Waals surface area contributed by atoms with Crippen molar-refractivity contribution in [2.75, 3.05) is 13.1 Å². The molecule has 1 aliphatic heterocycles. The molecule has 2 aromatic carbocycles. The van der Waals surface area contributed by atoms with Crippen molar-refractivity contribution in [2.45, 2.75) is 78.8 Å². The molecule has 1 aliphatic rings. The van der Waals surface area contributed by atoms with Crippen molar-refractivity contribution < 1.29 is 0 Å². The van der Waals surface area contributed by atoms with E-state index in [2.05, 4.69) is 56.9 Å². The Labute approximate surface area is 198 Å². The lowest BCUT2D eigenvalue weighted by Gasteiger charge is -2.36. The first-order chi connectivity index (χ1) is 16.0. The Kier molecular flexibility index (Phi) is 7.64. The lowest BCUT2D eigenvalue weighted by Crippen LogP contribution is -2.42. The molecule has 33 heavy (non-hydrogen) atoms. The summed E-state index contributed by atoms with van der Waals surface area (Å²) in [6.45, 7) is 11.8. The summed E-state index contributed by atoms with van der Waals surface area (Å²) in [6, 6.07) is 15.1. The summed E-state index contributed by atoms with van der Waals surface area (Å²) in [7, 11) is 0. The van der Waals surface area contributed by atoms with Crippen LogP contribution in [0.4, 0.5) is 0 Å². The van der Waals surface area contributed by atoms with Crippen LogP contribution in [-0.4, -0.2) is 33.6 Å². The highest BCUT2D eigenvalue weighted by Crippen LogP contribution is 2.26. The van der Waals surface area contributed by atoms with Gasteiger partial charge < -0.3 is 4.90 Å².